The van der Waals surface area contributed by atoms with Crippen LogP contribution >= 0.6 is 23.2 Å². The van der Waals surface area contributed by atoms with Crippen molar-refractivity contribution in [2.45, 2.75) is 6.42 Å². The van der Waals surface area contributed by atoms with Gasteiger partial charge in [0, 0.05) is 24.5 Å². The van der Waals surface area contributed by atoms with Crippen molar-refractivity contribution in [1.82, 2.24) is 9.99 Å². The van der Waals surface area contributed by atoms with Crippen molar-refractivity contribution in [2.75, 3.05) is 0 Å². The number of hydrogen-bond acceptors (Lipinski definition) is 2. The van der Waals surface area contributed by atoms with E-state index in [0.29, 0.717) is 15.6 Å². The molecule has 0 radical (unpaired) electrons. The summed E-state index contributed by atoms with van der Waals surface area (Å²) in [5.41, 5.74) is 3.94. The number of hydrazone groups is 1. The van der Waals surface area contributed by atoms with Gasteiger partial charge in [0.05, 0.1) is 22.7 Å². The second-order valence-corrected chi connectivity index (χ2v) is 5.03. The molecule has 20 heavy (non-hydrogen) atoms. The molecule has 1 amide bonds. The van der Waals surface area contributed by atoms with Crippen LogP contribution in [-0.2, 0) is 18.3 Å². The van der Waals surface area contributed by atoms with Gasteiger partial charge in [0.15, 0.2) is 0 Å². The number of halogens is 2. The molecular weight excluding hydrogens is 297 g/mol. The summed E-state index contributed by atoms with van der Waals surface area (Å²) in [5.74, 6) is -0.203. The Morgan fingerprint density at radius 1 is 1.30 bits per heavy atom. The van der Waals surface area contributed by atoms with E-state index >= 15 is 0 Å². The molecule has 0 aliphatic rings. The van der Waals surface area contributed by atoms with Gasteiger partial charge in [0.2, 0.25) is 5.91 Å². The number of carbonyl (C=O) groups is 1. The average Bonchev–Trinajstić information content (AvgIpc) is 2.79. The maximum Gasteiger partial charge on any atom is 0.245 e. The van der Waals surface area contributed by atoms with Gasteiger partial charge >= 0.3 is 0 Å². The summed E-state index contributed by atoms with van der Waals surface area (Å²) in [7, 11) is 1.88. The number of aromatic nitrogens is 1. The van der Waals surface area contributed by atoms with Gasteiger partial charge in [-0.3, -0.25) is 4.79 Å². The van der Waals surface area contributed by atoms with E-state index in [1.807, 2.05) is 29.9 Å². The fourth-order valence-corrected chi connectivity index (χ4v) is 2.18. The van der Waals surface area contributed by atoms with Crippen LogP contribution < -0.4 is 5.43 Å². The third-order valence-electron chi connectivity index (χ3n) is 2.78. The minimum atomic E-state index is -0.203. The minimum Gasteiger partial charge on any atom is -0.354 e. The van der Waals surface area contributed by atoms with Crippen LogP contribution in [-0.4, -0.2) is 16.7 Å². The van der Waals surface area contributed by atoms with E-state index in [0.717, 1.165) is 5.69 Å². The summed E-state index contributed by atoms with van der Waals surface area (Å²) in [6.45, 7) is 0. The Morgan fingerprint density at radius 2 is 2.00 bits per heavy atom. The molecule has 104 valence electrons. The fraction of sp³-hybridized carbons (Fsp3) is 0.143. The quantitative estimate of drug-likeness (QED) is 0.685. The molecule has 0 saturated carbocycles. The number of carbonyl (C=O) groups excluding carboxylic acids is 1. The SMILES string of the molecule is Cn1cccc1CC(=O)NN=Cc1c(Cl)cccc1Cl. The van der Waals surface area contributed by atoms with Gasteiger partial charge in [-0.1, -0.05) is 29.3 Å². The Bertz CT molecular complexity index is 629. The Hall–Kier alpha value is -1.78. The molecule has 0 aliphatic carbocycles. The maximum atomic E-state index is 11.7. The zero-order valence-corrected chi connectivity index (χ0v) is 12.3. The molecule has 0 saturated heterocycles. The van der Waals surface area contributed by atoms with Crippen LogP contribution in [0.5, 0.6) is 0 Å². The maximum absolute atomic E-state index is 11.7. The first-order valence-corrected chi connectivity index (χ1v) is 6.69. The lowest BCUT2D eigenvalue weighted by atomic mass is 10.2. The predicted molar refractivity (Wildman–Crippen MR) is 81.3 cm³/mol. The minimum absolute atomic E-state index is 0.203. The number of amides is 1. The number of benzene rings is 1. The monoisotopic (exact) mass is 309 g/mol. The first-order valence-electron chi connectivity index (χ1n) is 5.94. The number of hydrogen-bond donors (Lipinski definition) is 1. The molecule has 0 atom stereocenters. The molecule has 4 nitrogen and oxygen atoms in total. The van der Waals surface area contributed by atoms with Crippen molar-refractivity contribution in [3.05, 3.63) is 57.8 Å². The zero-order valence-electron chi connectivity index (χ0n) is 10.8. The molecule has 0 unspecified atom stereocenters. The summed E-state index contributed by atoms with van der Waals surface area (Å²) < 4.78 is 1.88. The van der Waals surface area contributed by atoms with Gasteiger partial charge in [0.25, 0.3) is 0 Å². The largest absolute Gasteiger partial charge is 0.354 e. The Morgan fingerprint density at radius 3 is 2.60 bits per heavy atom. The second kappa shape index (κ2) is 6.59. The van der Waals surface area contributed by atoms with Gasteiger partial charge < -0.3 is 4.57 Å². The molecule has 1 aromatic heterocycles. The summed E-state index contributed by atoms with van der Waals surface area (Å²) >= 11 is 12.0. The van der Waals surface area contributed by atoms with Crippen LogP contribution in [0.2, 0.25) is 10.0 Å². The normalized spacial score (nSPS) is 10.9. The molecule has 6 heteroatoms. The Kier molecular flexibility index (Phi) is 4.82. The molecule has 0 spiro atoms. The molecule has 0 aliphatic heterocycles. The smallest absolute Gasteiger partial charge is 0.245 e. The molecule has 1 aromatic carbocycles. The van der Waals surface area contributed by atoms with Crippen LogP contribution in [0.1, 0.15) is 11.3 Å². The van der Waals surface area contributed by atoms with Crippen molar-refractivity contribution >= 4 is 35.3 Å². The van der Waals surface area contributed by atoms with Gasteiger partial charge in [-0.2, -0.15) is 5.10 Å². The van der Waals surface area contributed by atoms with Crippen LogP contribution in [0.25, 0.3) is 0 Å². The lowest BCUT2D eigenvalue weighted by molar-refractivity contribution is -0.120. The molecule has 0 fully saturated rings. The van der Waals surface area contributed by atoms with Crippen molar-refractivity contribution in [2.24, 2.45) is 12.1 Å². The lowest BCUT2D eigenvalue weighted by Crippen LogP contribution is -2.20. The first kappa shape index (κ1) is 14.6. The van der Waals surface area contributed by atoms with Crippen LogP contribution in [0, 0.1) is 0 Å². The third-order valence-corrected chi connectivity index (χ3v) is 3.43. The number of aryl methyl sites for hydroxylation is 1. The molecule has 2 aromatic rings. The average molecular weight is 310 g/mol. The summed E-state index contributed by atoms with van der Waals surface area (Å²) in [5, 5.41) is 4.84. The Labute approximate surface area is 127 Å². The van der Waals surface area contributed by atoms with E-state index in [4.69, 9.17) is 23.2 Å². The van der Waals surface area contributed by atoms with Gasteiger partial charge in [-0.15, -0.1) is 0 Å². The molecule has 0 bridgehead atoms. The van der Waals surface area contributed by atoms with Gasteiger partial charge in [-0.05, 0) is 24.3 Å². The number of nitrogens with one attached hydrogen (secondary N) is 1. The van der Waals surface area contributed by atoms with Crippen LogP contribution in [0.3, 0.4) is 0 Å². The molecular formula is C14H13Cl2N3O. The number of nitrogens with zero attached hydrogens (tertiary/aromatic N) is 2. The highest BCUT2D eigenvalue weighted by Gasteiger charge is 2.05. The van der Waals surface area contributed by atoms with E-state index < -0.39 is 0 Å². The third kappa shape index (κ3) is 3.62. The topological polar surface area (TPSA) is 46.4 Å². The highest BCUT2D eigenvalue weighted by molar-refractivity contribution is 6.38. The zero-order chi connectivity index (χ0) is 14.5. The van der Waals surface area contributed by atoms with E-state index in [9.17, 15) is 4.79 Å². The molecule has 1 heterocycles. The summed E-state index contributed by atoms with van der Waals surface area (Å²) in [4.78, 5) is 11.7. The second-order valence-electron chi connectivity index (χ2n) is 4.22. The van der Waals surface area contributed by atoms with E-state index in [1.54, 1.807) is 18.2 Å². The van der Waals surface area contributed by atoms with Crippen molar-refractivity contribution in [3.8, 4) is 0 Å². The fourth-order valence-electron chi connectivity index (χ4n) is 1.69. The van der Waals surface area contributed by atoms with Crippen LogP contribution in [0.15, 0.2) is 41.6 Å². The van der Waals surface area contributed by atoms with Crippen LogP contribution in [0.4, 0.5) is 0 Å². The summed E-state index contributed by atoms with van der Waals surface area (Å²) in [6.07, 6.45) is 3.58. The Balaban J connectivity index is 1.97. The highest BCUT2D eigenvalue weighted by Crippen LogP contribution is 2.21. The highest BCUT2D eigenvalue weighted by atomic mass is 35.5. The first-order chi connectivity index (χ1) is 9.58. The van der Waals surface area contributed by atoms with E-state index in [-0.39, 0.29) is 12.3 Å². The molecule has 2 rings (SSSR count). The lowest BCUT2D eigenvalue weighted by Gasteiger charge is -2.03. The summed E-state index contributed by atoms with van der Waals surface area (Å²) in [6, 6.07) is 8.93. The van der Waals surface area contributed by atoms with E-state index in [2.05, 4.69) is 10.5 Å². The van der Waals surface area contributed by atoms with Crippen molar-refractivity contribution in [1.29, 1.82) is 0 Å². The van der Waals surface area contributed by atoms with Crippen molar-refractivity contribution < 1.29 is 4.79 Å². The van der Waals surface area contributed by atoms with E-state index in [1.165, 1.54) is 6.21 Å². The van der Waals surface area contributed by atoms with Crippen molar-refractivity contribution in [3.63, 3.8) is 0 Å². The number of rotatable bonds is 4. The van der Waals surface area contributed by atoms with Gasteiger partial charge in [0.1, 0.15) is 0 Å². The molecule has 1 N–H and O–H groups in total. The predicted octanol–water partition coefficient (Wildman–Crippen LogP) is 3.02. The standard InChI is InChI=1S/C14H13Cl2N3O/c1-19-7-3-4-10(19)8-14(20)18-17-9-11-12(15)5-2-6-13(11)16/h2-7,9H,8H2,1H3,(H,18,20). The van der Waals surface area contributed by atoms with Gasteiger partial charge in [-0.25, -0.2) is 5.43 Å².